The first-order valence-electron chi connectivity index (χ1n) is 8.62. The molecule has 1 aliphatic rings. The first kappa shape index (κ1) is 18.9. The van der Waals surface area contributed by atoms with Crippen LogP contribution in [0.3, 0.4) is 0 Å². The van der Waals surface area contributed by atoms with Crippen molar-refractivity contribution < 1.29 is 18.2 Å². The van der Waals surface area contributed by atoms with Gasteiger partial charge in [-0.2, -0.15) is 0 Å². The molecule has 0 aliphatic carbocycles. The lowest BCUT2D eigenvalue weighted by molar-refractivity contribution is -0.141. The summed E-state index contributed by atoms with van der Waals surface area (Å²) < 4.78 is 30.8. The van der Waals surface area contributed by atoms with E-state index in [2.05, 4.69) is 16.5 Å². The number of likely N-dealkylation sites (tertiary alicyclic amines) is 1. The fourth-order valence-corrected chi connectivity index (χ4v) is 3.47. The molecule has 6 heteroatoms. The maximum atomic E-state index is 13.3. The van der Waals surface area contributed by atoms with Crippen molar-refractivity contribution in [1.82, 2.24) is 4.90 Å². The Morgan fingerprint density at radius 2 is 2.04 bits per heavy atom. The Morgan fingerprint density at radius 3 is 2.62 bits per heavy atom. The number of rotatable bonds is 7. The lowest BCUT2D eigenvalue weighted by Gasteiger charge is -2.35. The summed E-state index contributed by atoms with van der Waals surface area (Å²) in [4.78, 5) is 14.1. The van der Waals surface area contributed by atoms with Gasteiger partial charge in [0.1, 0.15) is 0 Å². The quantitative estimate of drug-likeness (QED) is 0.713. The van der Waals surface area contributed by atoms with E-state index in [1.807, 2.05) is 0 Å². The Balaban J connectivity index is 1.89. The van der Waals surface area contributed by atoms with Crippen LogP contribution in [0.5, 0.6) is 0 Å². The van der Waals surface area contributed by atoms with Crippen LogP contribution < -0.4 is 0 Å². The third kappa shape index (κ3) is 5.03. The summed E-state index contributed by atoms with van der Waals surface area (Å²) in [7, 11) is 5.08. The molecule has 2 radical (unpaired) electrons. The minimum absolute atomic E-state index is 0.139. The van der Waals surface area contributed by atoms with E-state index in [9.17, 15) is 13.6 Å². The van der Waals surface area contributed by atoms with E-state index >= 15 is 0 Å². The van der Waals surface area contributed by atoms with Gasteiger partial charge in [-0.25, -0.2) is 8.78 Å². The van der Waals surface area contributed by atoms with Crippen LogP contribution in [0.2, 0.25) is 0 Å². The predicted molar refractivity (Wildman–Crippen MR) is 89.2 cm³/mol. The van der Waals surface area contributed by atoms with E-state index in [1.54, 1.807) is 6.07 Å². The summed E-state index contributed by atoms with van der Waals surface area (Å²) in [6, 6.07) is 4.02. The van der Waals surface area contributed by atoms with Crippen molar-refractivity contribution in [2.24, 2.45) is 11.8 Å². The average molecular weight is 335 g/mol. The molecule has 1 aromatic carbocycles. The summed E-state index contributed by atoms with van der Waals surface area (Å²) in [5.74, 6) is -1.82. The lowest BCUT2D eigenvalue weighted by Crippen LogP contribution is -2.38. The standard InChI is InChI=1S/C18H24BF2NO2/c1-2-3-4-15(18(23)24-19)14-7-9-22(10-8-14)12-13-5-6-16(20)17(21)11-13/h5-6,11,14-15H,2-4,7-10,12H2,1H3. The number of hydrogen-bond acceptors (Lipinski definition) is 3. The molecule has 2 rings (SSSR count). The normalized spacial score (nSPS) is 17.6. The summed E-state index contributed by atoms with van der Waals surface area (Å²) in [6.45, 7) is 4.33. The van der Waals surface area contributed by atoms with E-state index in [0.717, 1.165) is 56.8 Å². The van der Waals surface area contributed by atoms with Crippen molar-refractivity contribution in [3.8, 4) is 0 Å². The number of hydrogen-bond donors (Lipinski definition) is 0. The van der Waals surface area contributed by atoms with Crippen molar-refractivity contribution in [3.05, 3.63) is 35.4 Å². The molecule has 3 nitrogen and oxygen atoms in total. The molecule has 0 saturated carbocycles. The number of nitrogens with zero attached hydrogens (tertiary/aromatic N) is 1. The third-order valence-electron chi connectivity index (χ3n) is 4.88. The van der Waals surface area contributed by atoms with Crippen molar-refractivity contribution in [1.29, 1.82) is 0 Å². The van der Waals surface area contributed by atoms with E-state index in [0.29, 0.717) is 6.54 Å². The molecule has 0 amide bonds. The second-order valence-corrected chi connectivity index (χ2v) is 6.55. The zero-order valence-electron chi connectivity index (χ0n) is 14.1. The molecule has 1 fully saturated rings. The third-order valence-corrected chi connectivity index (χ3v) is 4.88. The van der Waals surface area contributed by atoms with E-state index in [1.165, 1.54) is 6.07 Å². The fraction of sp³-hybridized carbons (Fsp3) is 0.611. The predicted octanol–water partition coefficient (Wildman–Crippen LogP) is 3.61. The van der Waals surface area contributed by atoms with Crippen molar-refractivity contribution in [3.63, 3.8) is 0 Å². The average Bonchev–Trinajstić information content (AvgIpc) is 2.59. The molecule has 1 atom stereocenters. The molecule has 24 heavy (non-hydrogen) atoms. The Bertz CT molecular complexity index is 548. The maximum absolute atomic E-state index is 13.3. The highest BCUT2D eigenvalue weighted by Gasteiger charge is 2.31. The van der Waals surface area contributed by atoms with Gasteiger partial charge in [0.2, 0.25) is 0 Å². The zero-order chi connectivity index (χ0) is 17.5. The summed E-state index contributed by atoms with van der Waals surface area (Å²) in [6.07, 6.45) is 4.58. The second-order valence-electron chi connectivity index (χ2n) is 6.55. The topological polar surface area (TPSA) is 29.5 Å². The molecule has 0 bridgehead atoms. The summed E-state index contributed by atoms with van der Waals surface area (Å²) in [5.41, 5.74) is 0.760. The van der Waals surface area contributed by atoms with Crippen LogP contribution >= 0.6 is 0 Å². The van der Waals surface area contributed by atoms with Gasteiger partial charge in [-0.3, -0.25) is 9.69 Å². The van der Waals surface area contributed by atoms with E-state index < -0.39 is 11.6 Å². The second kappa shape index (κ2) is 9.16. The monoisotopic (exact) mass is 335 g/mol. The van der Waals surface area contributed by atoms with Crippen molar-refractivity contribution in [2.45, 2.75) is 45.6 Å². The first-order chi connectivity index (χ1) is 11.5. The molecular formula is C18H24BF2NO2. The largest absolute Gasteiger partial charge is 0.543 e. The molecule has 1 aliphatic heterocycles. The van der Waals surface area contributed by atoms with Gasteiger partial charge in [0.15, 0.2) is 11.6 Å². The Labute approximate surface area is 143 Å². The molecule has 0 N–H and O–H groups in total. The molecule has 1 heterocycles. The highest BCUT2D eigenvalue weighted by molar-refractivity contribution is 6.05. The van der Waals surface area contributed by atoms with Crippen molar-refractivity contribution in [2.75, 3.05) is 13.1 Å². The number of carbonyl (C=O) groups is 1. The lowest BCUT2D eigenvalue weighted by atomic mass is 9.81. The van der Waals surface area contributed by atoms with Crippen LogP contribution in [0, 0.1) is 23.5 Å². The van der Waals surface area contributed by atoms with Gasteiger partial charge in [0, 0.05) is 6.54 Å². The fourth-order valence-electron chi connectivity index (χ4n) is 3.47. The van der Waals surface area contributed by atoms with E-state index in [4.69, 9.17) is 8.05 Å². The number of carbonyl (C=O) groups excluding carboxylic acids is 1. The molecule has 1 saturated heterocycles. The van der Waals surface area contributed by atoms with Crippen LogP contribution in [-0.4, -0.2) is 32.0 Å². The smallest absolute Gasteiger partial charge is 0.378 e. The minimum atomic E-state index is -0.823. The zero-order valence-corrected chi connectivity index (χ0v) is 14.1. The van der Waals surface area contributed by atoms with Gasteiger partial charge in [0.25, 0.3) is 5.97 Å². The molecular weight excluding hydrogens is 311 g/mol. The molecule has 0 aromatic heterocycles. The maximum Gasteiger partial charge on any atom is 0.378 e. The van der Waals surface area contributed by atoms with Crippen LogP contribution in [0.1, 0.15) is 44.6 Å². The summed E-state index contributed by atoms with van der Waals surface area (Å²) >= 11 is 0. The highest BCUT2D eigenvalue weighted by atomic mass is 19.2. The number of halogens is 2. The van der Waals surface area contributed by atoms with Gasteiger partial charge in [-0.05, 0) is 56.0 Å². The molecule has 1 unspecified atom stereocenters. The van der Waals surface area contributed by atoms with Gasteiger partial charge in [-0.15, -0.1) is 0 Å². The Kier molecular flexibility index (Phi) is 7.22. The molecule has 0 spiro atoms. The molecule has 1 aromatic rings. The van der Waals surface area contributed by atoms with Gasteiger partial charge >= 0.3 is 8.05 Å². The molecule has 130 valence electrons. The number of piperidine rings is 1. The van der Waals surface area contributed by atoms with Crippen LogP contribution in [-0.2, 0) is 16.0 Å². The van der Waals surface area contributed by atoms with Crippen molar-refractivity contribution >= 4 is 14.0 Å². The van der Waals surface area contributed by atoms with Crippen LogP contribution in [0.25, 0.3) is 0 Å². The summed E-state index contributed by atoms with van der Waals surface area (Å²) in [5, 5.41) is 0. The SMILES string of the molecule is [B]OC(=O)C(CCCC)C1CCN(Cc2ccc(F)c(F)c2)CC1. The number of unbranched alkanes of at least 4 members (excludes halogenated alkanes) is 1. The highest BCUT2D eigenvalue weighted by Crippen LogP contribution is 2.30. The Morgan fingerprint density at radius 1 is 1.33 bits per heavy atom. The van der Waals surface area contributed by atoms with Gasteiger partial charge < -0.3 is 4.65 Å². The van der Waals surface area contributed by atoms with Crippen LogP contribution in [0.4, 0.5) is 8.78 Å². The Hall–Kier alpha value is -1.43. The van der Waals surface area contributed by atoms with E-state index in [-0.39, 0.29) is 17.8 Å². The first-order valence-corrected chi connectivity index (χ1v) is 8.62. The van der Waals surface area contributed by atoms with Crippen LogP contribution in [0.15, 0.2) is 18.2 Å². The number of benzene rings is 1. The van der Waals surface area contributed by atoms with Gasteiger partial charge in [0.05, 0.1) is 5.92 Å². The van der Waals surface area contributed by atoms with Gasteiger partial charge in [-0.1, -0.05) is 25.8 Å². The minimum Gasteiger partial charge on any atom is -0.543 e.